The molecule has 1 unspecified atom stereocenters. The number of guanidine groups is 1. The monoisotopic (exact) mass is 555 g/mol. The minimum absolute atomic E-state index is 0. The van der Waals surface area contributed by atoms with Crippen LogP contribution < -0.4 is 10.6 Å². The first kappa shape index (κ1) is 27.1. The number of hydrogen-bond donors (Lipinski definition) is 2. The Morgan fingerprint density at radius 1 is 1.27 bits per heavy atom. The third-order valence-electron chi connectivity index (χ3n) is 5.28. The van der Waals surface area contributed by atoms with Crippen molar-refractivity contribution >= 4 is 39.8 Å². The number of aliphatic imine (C=N–C) groups is 1. The maximum Gasteiger partial charge on any atom is 0.191 e. The second-order valence-electron chi connectivity index (χ2n) is 7.66. The molecular weight excluding hydrogens is 520 g/mol. The Morgan fingerprint density at radius 3 is 2.57 bits per heavy atom. The fourth-order valence-corrected chi connectivity index (χ4v) is 4.76. The number of halogens is 2. The quantitative estimate of drug-likeness (QED) is 0.262. The van der Waals surface area contributed by atoms with Gasteiger partial charge in [0.2, 0.25) is 0 Å². The summed E-state index contributed by atoms with van der Waals surface area (Å²) in [5.41, 5.74) is 1.20. The highest BCUT2D eigenvalue weighted by Crippen LogP contribution is 2.30. The van der Waals surface area contributed by atoms with Crippen molar-refractivity contribution in [2.75, 3.05) is 26.5 Å². The molecule has 0 saturated heterocycles. The van der Waals surface area contributed by atoms with E-state index in [1.165, 1.54) is 50.1 Å². The molecule has 0 aliphatic heterocycles. The maximum absolute atomic E-state index is 13.7. The molecule has 6 nitrogen and oxygen atoms in total. The van der Waals surface area contributed by atoms with Crippen LogP contribution in [0, 0.1) is 11.7 Å². The number of sulfone groups is 1. The van der Waals surface area contributed by atoms with Gasteiger partial charge in [-0.1, -0.05) is 18.9 Å². The van der Waals surface area contributed by atoms with Gasteiger partial charge in [0.25, 0.3) is 0 Å². The number of rotatable bonds is 10. The molecule has 1 aliphatic rings. The van der Waals surface area contributed by atoms with Gasteiger partial charge in [0.15, 0.2) is 15.8 Å². The lowest BCUT2D eigenvalue weighted by molar-refractivity contribution is 0.0169. The van der Waals surface area contributed by atoms with Crippen LogP contribution in [0.5, 0.6) is 0 Å². The number of benzene rings is 1. The topological polar surface area (TPSA) is 79.8 Å². The summed E-state index contributed by atoms with van der Waals surface area (Å²) in [6.45, 7) is 3.76. The first-order valence-electron chi connectivity index (χ1n) is 10.3. The van der Waals surface area contributed by atoms with E-state index in [0.29, 0.717) is 29.5 Å². The average molecular weight is 555 g/mol. The van der Waals surface area contributed by atoms with Gasteiger partial charge in [-0.25, -0.2) is 12.8 Å². The van der Waals surface area contributed by atoms with Crippen LogP contribution in [-0.4, -0.2) is 46.9 Å². The van der Waals surface area contributed by atoms with E-state index in [1.54, 1.807) is 7.05 Å². The van der Waals surface area contributed by atoms with Crippen LogP contribution >= 0.6 is 24.0 Å². The van der Waals surface area contributed by atoms with Crippen molar-refractivity contribution in [3.63, 3.8) is 0 Å². The molecule has 1 fully saturated rings. The summed E-state index contributed by atoms with van der Waals surface area (Å²) in [5.74, 6) is 0.727. The van der Waals surface area contributed by atoms with E-state index < -0.39 is 15.7 Å². The second kappa shape index (κ2) is 13.5. The maximum atomic E-state index is 13.7. The van der Waals surface area contributed by atoms with Crippen LogP contribution in [0.15, 0.2) is 23.2 Å². The first-order valence-corrected chi connectivity index (χ1v) is 12.4. The normalized spacial score (nSPS) is 16.2. The fourth-order valence-electron chi connectivity index (χ4n) is 3.91. The van der Waals surface area contributed by atoms with Gasteiger partial charge in [-0.15, -0.1) is 24.0 Å². The van der Waals surface area contributed by atoms with Crippen LogP contribution in [0.3, 0.4) is 0 Å². The summed E-state index contributed by atoms with van der Waals surface area (Å²) in [7, 11) is -1.53. The standard InChI is InChI=1S/C21H34FN3O3S.HI/c1-4-28-20(16-7-5-6-8-16)11-12-24-21(23-2)25-14-18-13-19(22)10-9-17(18)15-29(3,26)27;/h9-10,13,16,20H,4-8,11-12,14-15H2,1-3H3,(H2,23,24,25);1H. The molecule has 2 rings (SSSR count). The Balaban J connectivity index is 0.00000450. The predicted molar refractivity (Wildman–Crippen MR) is 131 cm³/mol. The Labute approximate surface area is 197 Å². The van der Waals surface area contributed by atoms with Gasteiger partial charge in [0, 0.05) is 33.0 Å². The molecule has 1 saturated carbocycles. The summed E-state index contributed by atoms with van der Waals surface area (Å²) in [4.78, 5) is 4.21. The van der Waals surface area contributed by atoms with Gasteiger partial charge in [-0.2, -0.15) is 0 Å². The van der Waals surface area contributed by atoms with E-state index in [9.17, 15) is 12.8 Å². The Hall–Kier alpha value is -0.940. The van der Waals surface area contributed by atoms with Gasteiger partial charge in [0.1, 0.15) is 5.82 Å². The molecular formula is C21H35FIN3O3S. The van der Waals surface area contributed by atoms with Gasteiger partial charge in [-0.3, -0.25) is 4.99 Å². The van der Waals surface area contributed by atoms with Crippen LogP contribution in [-0.2, 0) is 26.9 Å². The highest BCUT2D eigenvalue weighted by Gasteiger charge is 2.25. The van der Waals surface area contributed by atoms with E-state index in [4.69, 9.17) is 4.74 Å². The summed E-state index contributed by atoms with van der Waals surface area (Å²) in [5, 5.41) is 6.43. The molecule has 0 aromatic heterocycles. The number of nitrogens with zero attached hydrogens (tertiary/aromatic N) is 1. The van der Waals surface area contributed by atoms with Crippen LogP contribution in [0.4, 0.5) is 4.39 Å². The van der Waals surface area contributed by atoms with Gasteiger partial charge < -0.3 is 15.4 Å². The lowest BCUT2D eigenvalue weighted by atomic mass is 9.98. The van der Waals surface area contributed by atoms with Crippen molar-refractivity contribution in [2.45, 2.75) is 57.4 Å². The number of nitrogens with one attached hydrogen (secondary N) is 2. The van der Waals surface area contributed by atoms with Gasteiger partial charge in [-0.05, 0) is 55.4 Å². The van der Waals surface area contributed by atoms with E-state index in [2.05, 4.69) is 15.6 Å². The molecule has 1 aromatic rings. The highest BCUT2D eigenvalue weighted by molar-refractivity contribution is 14.0. The predicted octanol–water partition coefficient (Wildman–Crippen LogP) is 3.64. The van der Waals surface area contributed by atoms with Crippen LogP contribution in [0.1, 0.15) is 50.2 Å². The molecule has 0 amide bonds. The molecule has 0 heterocycles. The van der Waals surface area contributed by atoms with Crippen molar-refractivity contribution in [1.82, 2.24) is 10.6 Å². The minimum atomic E-state index is -3.20. The van der Waals surface area contributed by atoms with Crippen molar-refractivity contribution < 1.29 is 17.5 Å². The Bertz CT molecular complexity index is 784. The van der Waals surface area contributed by atoms with Gasteiger partial charge in [0.05, 0.1) is 11.9 Å². The van der Waals surface area contributed by atoms with Crippen molar-refractivity contribution in [3.8, 4) is 0 Å². The van der Waals surface area contributed by atoms with Gasteiger partial charge >= 0.3 is 0 Å². The lowest BCUT2D eigenvalue weighted by Crippen LogP contribution is -2.39. The summed E-state index contributed by atoms with van der Waals surface area (Å²) in [6, 6.07) is 4.18. The Morgan fingerprint density at radius 2 is 1.97 bits per heavy atom. The van der Waals surface area contributed by atoms with E-state index >= 15 is 0 Å². The molecule has 1 aliphatic carbocycles. The lowest BCUT2D eigenvalue weighted by Gasteiger charge is -2.24. The smallest absolute Gasteiger partial charge is 0.191 e. The molecule has 2 N–H and O–H groups in total. The molecule has 172 valence electrons. The molecule has 1 aromatic carbocycles. The molecule has 0 bridgehead atoms. The minimum Gasteiger partial charge on any atom is -0.378 e. The third-order valence-corrected chi connectivity index (χ3v) is 6.12. The fraction of sp³-hybridized carbons (Fsp3) is 0.667. The van der Waals surface area contributed by atoms with Crippen LogP contribution in [0.25, 0.3) is 0 Å². The Kier molecular flexibility index (Phi) is 12.2. The number of hydrogen-bond acceptors (Lipinski definition) is 4. The zero-order valence-corrected chi connectivity index (χ0v) is 21.3. The van der Waals surface area contributed by atoms with E-state index in [0.717, 1.165) is 19.6 Å². The van der Waals surface area contributed by atoms with E-state index in [1.807, 2.05) is 6.92 Å². The first-order chi connectivity index (χ1) is 13.8. The SMILES string of the molecule is CCOC(CCNC(=NC)NCc1cc(F)ccc1CS(C)(=O)=O)C1CCCC1.I. The average Bonchev–Trinajstić information content (AvgIpc) is 3.19. The molecule has 1 atom stereocenters. The molecule has 0 radical (unpaired) electrons. The largest absolute Gasteiger partial charge is 0.378 e. The molecule has 30 heavy (non-hydrogen) atoms. The third kappa shape index (κ3) is 9.47. The van der Waals surface area contributed by atoms with Crippen molar-refractivity contribution in [3.05, 3.63) is 35.1 Å². The zero-order chi connectivity index (χ0) is 21.3. The van der Waals surface area contributed by atoms with Crippen molar-refractivity contribution in [1.29, 1.82) is 0 Å². The zero-order valence-electron chi connectivity index (χ0n) is 18.1. The summed E-state index contributed by atoms with van der Waals surface area (Å²) < 4.78 is 42.9. The second-order valence-corrected chi connectivity index (χ2v) is 9.80. The van der Waals surface area contributed by atoms with Crippen molar-refractivity contribution in [2.24, 2.45) is 10.9 Å². The number of ether oxygens (including phenoxy) is 1. The molecule has 0 spiro atoms. The summed E-state index contributed by atoms with van der Waals surface area (Å²) in [6.07, 6.45) is 7.38. The highest BCUT2D eigenvalue weighted by atomic mass is 127. The molecule has 9 heteroatoms. The summed E-state index contributed by atoms with van der Waals surface area (Å²) >= 11 is 0. The van der Waals surface area contributed by atoms with Crippen LogP contribution in [0.2, 0.25) is 0 Å². The van der Waals surface area contributed by atoms with E-state index in [-0.39, 0.29) is 35.8 Å².